The second kappa shape index (κ2) is 63.0. The summed E-state index contributed by atoms with van der Waals surface area (Å²) in [4.78, 5) is 51.4. The number of halogens is 6. The fourth-order valence-corrected chi connectivity index (χ4v) is 12.4. The molecular weight excluding hydrogens is 2710 g/mol. The molecule has 9 aromatic heterocycles. The molecule has 23 nitrogen and oxygen atoms in total. The van der Waals surface area contributed by atoms with E-state index < -0.39 is 5.97 Å². The van der Waals surface area contributed by atoms with Crippen molar-refractivity contribution < 1.29 is 157 Å². The molecule has 4 radical (unpaired) electrons. The molecule has 0 bridgehead atoms. The smallest absolute Gasteiger partial charge is 0.582 e. The number of fused-ring (bicyclic) bond motifs is 4. The Kier molecular flexibility index (Phi) is 51.9. The van der Waals surface area contributed by atoms with Gasteiger partial charge in [0.2, 0.25) is 0 Å². The predicted molar refractivity (Wildman–Crippen MR) is 514 cm³/mol. The molecule has 0 aliphatic heterocycles. The Balaban J connectivity index is 0.000000251. The Morgan fingerprint density at radius 3 is 0.704 bits per heavy atom. The quantitative estimate of drug-likeness (QED) is 0.0529. The monoisotopic (exact) mass is 2800 g/mol. The van der Waals surface area contributed by atoms with E-state index in [1.807, 2.05) is 140 Å². The number of para-hydroxylation sites is 8. The Morgan fingerprint density at radius 2 is 0.514 bits per heavy atom. The van der Waals surface area contributed by atoms with Crippen molar-refractivity contribution in [2.24, 2.45) is 0 Å². The van der Waals surface area contributed by atoms with Gasteiger partial charge >= 0.3 is 26.1 Å². The molecule has 732 valence electrons. The first-order chi connectivity index (χ1) is 66.6. The summed E-state index contributed by atoms with van der Waals surface area (Å²) in [6.45, 7) is 6.64. The Hall–Kier alpha value is -13.9. The molecule has 12 aromatic carbocycles. The second-order valence-corrected chi connectivity index (χ2v) is 29.3. The van der Waals surface area contributed by atoms with Crippen LogP contribution in [0.15, 0.2) is 377 Å². The molecule has 0 aliphatic rings. The predicted octanol–water partition coefficient (Wildman–Crippen LogP) is 21.1. The van der Waals surface area contributed by atoms with Gasteiger partial charge in [-0.1, -0.05) is 146 Å². The van der Waals surface area contributed by atoms with Crippen molar-refractivity contribution in [3.63, 3.8) is 0 Å². The van der Waals surface area contributed by atoms with Crippen molar-refractivity contribution >= 4 is 50.1 Å². The van der Waals surface area contributed by atoms with Crippen molar-refractivity contribution in [3.05, 3.63) is 442 Å². The summed E-state index contributed by atoms with van der Waals surface area (Å²) in [5.74, 6) is -3.04. The maximum Gasteiger partial charge on any atom is 3.00 e. The minimum Gasteiger partial charge on any atom is -0.582 e. The number of aromatic nitrogens is 17. The van der Waals surface area contributed by atoms with Crippen LogP contribution in [0.1, 0.15) is 51.0 Å². The van der Waals surface area contributed by atoms with Gasteiger partial charge in [-0.05, 0) is 160 Å². The second-order valence-electron chi connectivity index (χ2n) is 29.3. The number of pyridine rings is 1. The zero-order valence-corrected chi connectivity index (χ0v) is 87.7. The molecule has 21 rings (SSSR count). The number of aliphatic hydroxyl groups excluding tert-OH is 4. The number of aliphatic hydroxyl groups is 4. The summed E-state index contributed by atoms with van der Waals surface area (Å²) < 4.78 is 79.4. The average Bonchev–Trinajstić information content (AvgIpc) is 1.19. The molecule has 4 atom stereocenters. The molecule has 0 saturated heterocycles. The largest absolute Gasteiger partial charge is 3.00 e. The summed E-state index contributed by atoms with van der Waals surface area (Å²) in [6.07, 6.45) is 14.0. The molecule has 0 spiro atoms. The molecule has 0 saturated carbocycles. The topological polar surface area (TPSA) is 342 Å². The van der Waals surface area contributed by atoms with Gasteiger partial charge < -0.3 is 66.3 Å². The Bertz CT molecular complexity index is 6140. The standard InChI is InChI=1S/3C20H11F2N2.C20H13N2.C6H5NO2.2C5H12O2.4C3H3N2.5Ir/c3*21-15-9-5-13(6-10-15)19-20(14-7-11-16(22)12-8-14)24-18-4-2-1-3-17(18)23-19;1-3-9-15(10-4-1)19-20(16-11-5-2-6-12-16)22-18-14-8-7-13-17(18)21-19;8-6(9)5-3-1-2-4-7-5;2*1-4(6)3-5(2)7;4*1-2-4-5-3-1;;;;;/h3*1-7,9-12H;1-11,13-14H;1-4H,(H,8,9);2*4-7H,3H2,1-2H3;4*1-3H;;;;;/q4*-1;;;;4*-1;;;;;+3. The molecule has 142 heavy (non-hydrogen) atoms. The maximum atomic E-state index is 13.2. The van der Waals surface area contributed by atoms with Gasteiger partial charge in [0.25, 0.3) is 0 Å². The van der Waals surface area contributed by atoms with Crippen LogP contribution in [0.3, 0.4) is 0 Å². The minimum absolute atomic E-state index is 0. The van der Waals surface area contributed by atoms with E-state index in [2.05, 4.69) is 112 Å². The van der Waals surface area contributed by atoms with Crippen LogP contribution in [-0.4, -0.2) is 121 Å². The number of carbonyl (C=O) groups is 1. The van der Waals surface area contributed by atoms with E-state index in [1.54, 1.807) is 168 Å². The number of hydrogen-bond acceptors (Lipinski definition) is 18. The number of carboxylic acids is 1. The normalized spacial score (nSPS) is 10.7. The molecule has 5 N–H and O–H groups in total. The van der Waals surface area contributed by atoms with Gasteiger partial charge in [0, 0.05) is 152 Å². The van der Waals surface area contributed by atoms with Gasteiger partial charge in [0.1, 0.15) is 23.1 Å². The van der Waals surface area contributed by atoms with Gasteiger partial charge in [-0.3, -0.25) is 53.0 Å². The third-order valence-electron chi connectivity index (χ3n) is 18.5. The van der Waals surface area contributed by atoms with Crippen molar-refractivity contribution in [2.75, 3.05) is 0 Å². The Labute approximate surface area is 882 Å². The van der Waals surface area contributed by atoms with Crippen molar-refractivity contribution in [1.29, 1.82) is 0 Å². The van der Waals surface area contributed by atoms with Crippen molar-refractivity contribution in [3.8, 4) is 90.1 Å². The molecule has 9 heterocycles. The van der Waals surface area contributed by atoms with Crippen LogP contribution in [0, 0.1) is 59.2 Å². The zero-order chi connectivity index (χ0) is 96.9. The van der Waals surface area contributed by atoms with Crippen LogP contribution in [0.5, 0.6) is 0 Å². The van der Waals surface area contributed by atoms with E-state index in [-0.39, 0.29) is 166 Å². The number of hydrogen-bond donors (Lipinski definition) is 5. The van der Waals surface area contributed by atoms with Gasteiger partial charge in [0.15, 0.2) is 0 Å². The molecule has 34 heteroatoms. The van der Waals surface area contributed by atoms with Crippen LogP contribution in [0.4, 0.5) is 26.3 Å². The summed E-state index contributed by atoms with van der Waals surface area (Å²) in [5.41, 5.74) is 17.8. The fourth-order valence-electron chi connectivity index (χ4n) is 12.4. The number of rotatable bonds is 13. The fraction of sp³-hybridized carbons (Fsp3) is 0.0926. The van der Waals surface area contributed by atoms with Crippen molar-refractivity contribution in [2.45, 2.75) is 65.0 Å². The van der Waals surface area contributed by atoms with E-state index >= 15 is 0 Å². The maximum absolute atomic E-state index is 13.2. The van der Waals surface area contributed by atoms with Crippen LogP contribution in [-0.2, 0) is 101 Å². The minimum atomic E-state index is -0.990. The van der Waals surface area contributed by atoms with Gasteiger partial charge in [0.05, 0.1) is 91.3 Å². The van der Waals surface area contributed by atoms with Gasteiger partial charge in [-0.15, -0.1) is 125 Å². The summed E-state index contributed by atoms with van der Waals surface area (Å²) in [5, 5.41) is 70.4. The van der Waals surface area contributed by atoms with E-state index in [4.69, 9.17) is 35.5 Å². The number of nitrogens with zero attached hydrogens (tertiary/aromatic N) is 17. The number of benzene rings is 12. The van der Waals surface area contributed by atoms with Crippen molar-refractivity contribution in [1.82, 2.24) is 85.6 Å². The summed E-state index contributed by atoms with van der Waals surface area (Å²) >= 11 is 0. The molecule has 0 amide bonds. The van der Waals surface area contributed by atoms with Crippen LogP contribution in [0.2, 0.25) is 0 Å². The van der Waals surface area contributed by atoms with E-state index in [9.17, 15) is 31.1 Å². The van der Waals surface area contributed by atoms with Crippen LogP contribution in [0.25, 0.3) is 134 Å². The molecule has 4 unspecified atom stereocenters. The average molecular weight is 2790 g/mol. The molecule has 21 aromatic rings. The molecular formula is C108H87F6Ir5N17O6-5. The van der Waals surface area contributed by atoms with E-state index in [0.717, 1.165) is 83.3 Å². The SMILES string of the molecule is CC(O)CC(C)O.CC(O)CC(C)O.Fc1c[c-]c(-c2nc3ccccc3nc2-c2ccc(F)cc2)cc1.Fc1c[c-]c(-c2nc3ccccc3nc2-c2ccc(F)cc2)cc1.Fc1c[c-]c(-c2nc3ccccc3nc2-c2ccc(F)cc2)cc1.O=C(O)c1ccccn1.[Ir+3].[Ir].[Ir].[Ir].[Ir].[c-]1ccccc1-c1nc2ccccc2nc1-c1ccccc1.c1cn[n-]c1.c1cn[n-]c1.c1cn[n-]c1.c1cn[n-]c1. The number of carboxylic acid groups (broad SMARTS) is 1. The third-order valence-corrected chi connectivity index (χ3v) is 18.5. The third kappa shape index (κ3) is 38.6. The summed E-state index contributed by atoms with van der Waals surface area (Å²) in [6, 6.07) is 103. The first-order valence-corrected chi connectivity index (χ1v) is 42.4. The van der Waals surface area contributed by atoms with E-state index in [1.165, 1.54) is 85.1 Å². The Morgan fingerprint density at radius 1 is 0.275 bits per heavy atom. The number of aromatic carboxylic acids is 1. The molecule has 0 aliphatic carbocycles. The van der Waals surface area contributed by atoms with E-state index in [0.29, 0.717) is 63.7 Å². The first kappa shape index (κ1) is 117. The van der Waals surface area contributed by atoms with Crippen LogP contribution < -0.4 is 20.4 Å². The summed E-state index contributed by atoms with van der Waals surface area (Å²) in [7, 11) is 0. The van der Waals surface area contributed by atoms with Gasteiger partial charge in [-0.2, -0.15) is 24.8 Å². The molecule has 0 fully saturated rings. The van der Waals surface area contributed by atoms with Crippen LogP contribution >= 0.6 is 0 Å². The zero-order valence-electron chi connectivity index (χ0n) is 75.7. The first-order valence-electron chi connectivity index (χ1n) is 42.4. The van der Waals surface area contributed by atoms with Gasteiger partial charge in [-0.25, -0.2) is 22.9 Å².